The maximum atomic E-state index is 5.60. The number of benzene rings is 1. The predicted octanol–water partition coefficient (Wildman–Crippen LogP) is 2.23. The minimum absolute atomic E-state index is 0.162. The molecule has 0 amide bonds. The number of aryl methyl sites for hydroxylation is 2. The SMILES string of the molecule is COc1nc(N)nc(Sc2cc(C)ccc2C)n1. The molecule has 0 unspecified atom stereocenters. The fraction of sp³-hybridized carbons (Fsp3) is 0.250. The molecule has 0 aliphatic carbocycles. The maximum absolute atomic E-state index is 5.60. The minimum Gasteiger partial charge on any atom is -0.467 e. The van der Waals surface area contributed by atoms with Crippen LogP contribution in [0, 0.1) is 13.8 Å². The molecule has 1 aromatic heterocycles. The van der Waals surface area contributed by atoms with Crippen LogP contribution in [0.5, 0.6) is 6.01 Å². The molecular weight excluding hydrogens is 248 g/mol. The molecule has 18 heavy (non-hydrogen) atoms. The van der Waals surface area contributed by atoms with E-state index in [9.17, 15) is 0 Å². The highest BCUT2D eigenvalue weighted by Crippen LogP contribution is 2.29. The molecule has 0 spiro atoms. The summed E-state index contributed by atoms with van der Waals surface area (Å²) < 4.78 is 4.97. The lowest BCUT2D eigenvalue weighted by molar-refractivity contribution is 0.374. The second kappa shape index (κ2) is 5.22. The van der Waals surface area contributed by atoms with Crippen LogP contribution in [0.1, 0.15) is 11.1 Å². The highest BCUT2D eigenvalue weighted by molar-refractivity contribution is 7.99. The Morgan fingerprint density at radius 2 is 1.94 bits per heavy atom. The summed E-state index contributed by atoms with van der Waals surface area (Å²) in [5.74, 6) is 0.162. The van der Waals surface area contributed by atoms with Gasteiger partial charge in [0.15, 0.2) is 0 Å². The number of nitrogens with two attached hydrogens (primary N) is 1. The number of rotatable bonds is 3. The predicted molar refractivity (Wildman–Crippen MR) is 70.8 cm³/mol. The van der Waals surface area contributed by atoms with Gasteiger partial charge in [0.25, 0.3) is 0 Å². The first-order chi connectivity index (χ1) is 8.58. The fourth-order valence-corrected chi connectivity index (χ4v) is 2.34. The van der Waals surface area contributed by atoms with Crippen LogP contribution in [0.2, 0.25) is 0 Å². The largest absolute Gasteiger partial charge is 0.467 e. The van der Waals surface area contributed by atoms with Crippen LogP contribution in [-0.2, 0) is 0 Å². The van der Waals surface area contributed by atoms with Gasteiger partial charge in [-0.05, 0) is 42.8 Å². The number of nitrogens with zero attached hydrogens (tertiary/aromatic N) is 3. The summed E-state index contributed by atoms with van der Waals surface area (Å²) in [4.78, 5) is 13.2. The van der Waals surface area contributed by atoms with Gasteiger partial charge in [0.05, 0.1) is 7.11 Å². The van der Waals surface area contributed by atoms with E-state index in [1.54, 1.807) is 0 Å². The molecule has 0 saturated heterocycles. The molecule has 1 aromatic carbocycles. The Morgan fingerprint density at radius 1 is 1.17 bits per heavy atom. The number of hydrogen-bond donors (Lipinski definition) is 1. The first-order valence-electron chi connectivity index (χ1n) is 5.39. The minimum atomic E-state index is 0.162. The average molecular weight is 262 g/mol. The van der Waals surface area contributed by atoms with E-state index in [1.165, 1.54) is 30.0 Å². The second-order valence-corrected chi connectivity index (χ2v) is 4.84. The Kier molecular flexibility index (Phi) is 3.66. The molecular formula is C12H14N4OS. The van der Waals surface area contributed by atoms with Crippen molar-refractivity contribution < 1.29 is 4.74 Å². The lowest BCUT2D eigenvalue weighted by atomic mass is 10.2. The van der Waals surface area contributed by atoms with E-state index >= 15 is 0 Å². The Balaban J connectivity index is 2.33. The maximum Gasteiger partial charge on any atom is 0.321 e. The molecule has 0 aliphatic rings. The van der Waals surface area contributed by atoms with Crippen molar-refractivity contribution in [3.63, 3.8) is 0 Å². The number of hydrogen-bond acceptors (Lipinski definition) is 6. The Hall–Kier alpha value is -1.82. The molecule has 94 valence electrons. The van der Waals surface area contributed by atoms with Crippen molar-refractivity contribution in [3.8, 4) is 6.01 Å². The van der Waals surface area contributed by atoms with Gasteiger partial charge in [-0.1, -0.05) is 12.1 Å². The molecule has 0 fully saturated rings. The van der Waals surface area contributed by atoms with Gasteiger partial charge in [0.1, 0.15) is 0 Å². The van der Waals surface area contributed by atoms with E-state index < -0.39 is 0 Å². The van der Waals surface area contributed by atoms with Gasteiger partial charge < -0.3 is 10.5 Å². The van der Waals surface area contributed by atoms with Crippen molar-refractivity contribution >= 4 is 17.7 Å². The lowest BCUT2D eigenvalue weighted by Crippen LogP contribution is -2.02. The van der Waals surface area contributed by atoms with Gasteiger partial charge in [0, 0.05) is 4.90 Å². The molecule has 0 bridgehead atoms. The summed E-state index contributed by atoms with van der Waals surface area (Å²) in [6.45, 7) is 4.09. The standard InChI is InChI=1S/C12H14N4OS/c1-7-4-5-8(2)9(6-7)18-12-15-10(13)14-11(16-12)17-3/h4-6H,1-3H3,(H2,13,14,15,16). The molecule has 0 atom stereocenters. The van der Waals surface area contributed by atoms with Gasteiger partial charge in [-0.3, -0.25) is 0 Å². The first-order valence-corrected chi connectivity index (χ1v) is 6.21. The van der Waals surface area contributed by atoms with Crippen LogP contribution in [0.25, 0.3) is 0 Å². The molecule has 6 heteroatoms. The number of anilines is 1. The van der Waals surface area contributed by atoms with E-state index in [1.807, 2.05) is 13.8 Å². The Morgan fingerprint density at radius 3 is 2.67 bits per heavy atom. The Bertz CT molecular complexity index is 574. The van der Waals surface area contributed by atoms with Crippen LogP contribution >= 0.6 is 11.8 Å². The number of methoxy groups -OCH3 is 1. The van der Waals surface area contributed by atoms with Crippen LogP contribution in [-0.4, -0.2) is 22.1 Å². The summed E-state index contributed by atoms with van der Waals surface area (Å²) in [5, 5.41) is 0.535. The smallest absolute Gasteiger partial charge is 0.321 e. The first kappa shape index (κ1) is 12.6. The van der Waals surface area contributed by atoms with Crippen molar-refractivity contribution in [1.82, 2.24) is 15.0 Å². The third-order valence-electron chi connectivity index (χ3n) is 2.34. The van der Waals surface area contributed by atoms with Crippen molar-refractivity contribution in [3.05, 3.63) is 29.3 Å². The zero-order chi connectivity index (χ0) is 13.1. The van der Waals surface area contributed by atoms with E-state index in [4.69, 9.17) is 10.5 Å². The van der Waals surface area contributed by atoms with E-state index in [-0.39, 0.29) is 12.0 Å². The Labute approximate surface area is 110 Å². The highest BCUT2D eigenvalue weighted by atomic mass is 32.2. The second-order valence-electron chi connectivity index (χ2n) is 3.83. The van der Waals surface area contributed by atoms with Gasteiger partial charge in [0.2, 0.25) is 11.1 Å². The van der Waals surface area contributed by atoms with Crippen LogP contribution in [0.15, 0.2) is 28.3 Å². The van der Waals surface area contributed by atoms with Gasteiger partial charge in [-0.25, -0.2) is 0 Å². The van der Waals surface area contributed by atoms with Gasteiger partial charge >= 0.3 is 6.01 Å². The zero-order valence-electron chi connectivity index (χ0n) is 10.5. The monoisotopic (exact) mass is 262 g/mol. The number of nitrogen functional groups attached to an aromatic ring is 1. The topological polar surface area (TPSA) is 73.9 Å². The van der Waals surface area contributed by atoms with Crippen LogP contribution in [0.4, 0.5) is 5.95 Å². The zero-order valence-corrected chi connectivity index (χ0v) is 11.3. The van der Waals surface area contributed by atoms with Crippen molar-refractivity contribution in [2.24, 2.45) is 0 Å². The third kappa shape index (κ3) is 2.89. The summed E-state index contributed by atoms with van der Waals surface area (Å²) >= 11 is 1.45. The summed E-state index contributed by atoms with van der Waals surface area (Å²) in [6.07, 6.45) is 0. The number of aromatic nitrogens is 3. The molecule has 2 N–H and O–H groups in total. The summed E-state index contributed by atoms with van der Waals surface area (Å²) in [5.41, 5.74) is 7.96. The summed E-state index contributed by atoms with van der Waals surface area (Å²) in [7, 11) is 1.50. The average Bonchev–Trinajstić information content (AvgIpc) is 2.33. The van der Waals surface area contributed by atoms with Crippen molar-refractivity contribution in [2.75, 3.05) is 12.8 Å². The molecule has 5 nitrogen and oxygen atoms in total. The molecule has 0 radical (unpaired) electrons. The fourth-order valence-electron chi connectivity index (χ4n) is 1.41. The van der Waals surface area contributed by atoms with E-state index in [0.717, 1.165) is 4.90 Å². The van der Waals surface area contributed by atoms with Crippen molar-refractivity contribution in [2.45, 2.75) is 23.9 Å². The van der Waals surface area contributed by atoms with Crippen LogP contribution < -0.4 is 10.5 Å². The highest BCUT2D eigenvalue weighted by Gasteiger charge is 2.08. The van der Waals surface area contributed by atoms with Gasteiger partial charge in [-0.2, -0.15) is 15.0 Å². The lowest BCUT2D eigenvalue weighted by Gasteiger charge is -2.06. The molecule has 2 rings (SSSR count). The molecule has 2 aromatic rings. The van der Waals surface area contributed by atoms with Gasteiger partial charge in [-0.15, -0.1) is 0 Å². The van der Waals surface area contributed by atoms with Crippen molar-refractivity contribution in [1.29, 1.82) is 0 Å². The quantitative estimate of drug-likeness (QED) is 0.914. The summed E-state index contributed by atoms with van der Waals surface area (Å²) in [6, 6.07) is 6.46. The van der Waals surface area contributed by atoms with E-state index in [0.29, 0.717) is 5.16 Å². The molecule has 0 aliphatic heterocycles. The van der Waals surface area contributed by atoms with Crippen LogP contribution in [0.3, 0.4) is 0 Å². The normalized spacial score (nSPS) is 10.4. The number of ether oxygens (including phenoxy) is 1. The van der Waals surface area contributed by atoms with E-state index in [2.05, 4.69) is 33.2 Å². The molecule has 1 heterocycles. The third-order valence-corrected chi connectivity index (χ3v) is 3.36. The molecule has 0 saturated carbocycles.